The number of nitrogens with zero attached hydrogens (tertiary/aromatic N) is 1. The van der Waals surface area contributed by atoms with Gasteiger partial charge in [0.25, 0.3) is 0 Å². The van der Waals surface area contributed by atoms with Gasteiger partial charge in [-0.25, -0.2) is 4.39 Å². The Kier molecular flexibility index (Phi) is 4.98. The third-order valence-corrected chi connectivity index (χ3v) is 3.82. The highest BCUT2D eigenvalue weighted by atomic mass is 35.5. The molecule has 2 nitrogen and oxygen atoms in total. The first-order valence-corrected chi connectivity index (χ1v) is 6.93. The number of halogens is 2. The first-order chi connectivity index (χ1) is 8.69. The second-order valence-corrected chi connectivity index (χ2v) is 5.49. The van der Waals surface area contributed by atoms with Crippen LogP contribution in [0.2, 0.25) is 5.02 Å². The van der Waals surface area contributed by atoms with E-state index in [0.717, 1.165) is 31.6 Å². The molecule has 0 saturated carbocycles. The van der Waals surface area contributed by atoms with E-state index in [0.29, 0.717) is 17.5 Å². The first-order valence-electron chi connectivity index (χ1n) is 6.55. The van der Waals surface area contributed by atoms with Crippen molar-refractivity contribution in [2.24, 2.45) is 11.7 Å². The summed E-state index contributed by atoms with van der Waals surface area (Å²) in [6, 6.07) is 4.92. The largest absolute Gasteiger partial charge is 0.330 e. The van der Waals surface area contributed by atoms with Crippen molar-refractivity contribution in [3.8, 4) is 0 Å². The van der Waals surface area contributed by atoms with Gasteiger partial charge in [-0.15, -0.1) is 0 Å². The highest BCUT2D eigenvalue weighted by molar-refractivity contribution is 6.30. The highest BCUT2D eigenvalue weighted by Crippen LogP contribution is 2.22. The average molecular weight is 271 g/mol. The summed E-state index contributed by atoms with van der Waals surface area (Å²) >= 11 is 5.76. The Morgan fingerprint density at radius 1 is 1.44 bits per heavy atom. The van der Waals surface area contributed by atoms with E-state index in [-0.39, 0.29) is 5.82 Å². The van der Waals surface area contributed by atoms with Gasteiger partial charge in [0.05, 0.1) is 0 Å². The number of hydrogen-bond donors (Lipinski definition) is 1. The Hall–Kier alpha value is -0.640. The van der Waals surface area contributed by atoms with Crippen LogP contribution in [0.1, 0.15) is 24.8 Å². The maximum atomic E-state index is 13.7. The predicted molar refractivity (Wildman–Crippen MR) is 73.1 cm³/mol. The van der Waals surface area contributed by atoms with Crippen molar-refractivity contribution in [3.05, 3.63) is 34.6 Å². The van der Waals surface area contributed by atoms with Crippen molar-refractivity contribution in [3.63, 3.8) is 0 Å². The van der Waals surface area contributed by atoms with E-state index in [2.05, 4.69) is 4.90 Å². The zero-order chi connectivity index (χ0) is 13.0. The van der Waals surface area contributed by atoms with Crippen LogP contribution < -0.4 is 5.73 Å². The lowest BCUT2D eigenvalue weighted by Gasteiger charge is -2.32. The fourth-order valence-corrected chi connectivity index (χ4v) is 2.82. The van der Waals surface area contributed by atoms with Crippen LogP contribution in [-0.4, -0.2) is 24.5 Å². The molecule has 0 spiro atoms. The number of nitrogens with two attached hydrogens (primary N) is 1. The van der Waals surface area contributed by atoms with Gasteiger partial charge in [-0.1, -0.05) is 17.7 Å². The summed E-state index contributed by atoms with van der Waals surface area (Å²) in [4.78, 5) is 2.32. The lowest BCUT2D eigenvalue weighted by atomic mass is 9.94. The van der Waals surface area contributed by atoms with Gasteiger partial charge >= 0.3 is 0 Å². The summed E-state index contributed by atoms with van der Waals surface area (Å²) in [5.74, 6) is 0.461. The van der Waals surface area contributed by atoms with Crippen molar-refractivity contribution in [1.82, 2.24) is 4.90 Å². The SMILES string of the molecule is NCCC1CCCN(Cc2ccc(Cl)cc2F)C1. The molecule has 1 fully saturated rings. The maximum Gasteiger partial charge on any atom is 0.129 e. The predicted octanol–water partition coefficient (Wildman–Crippen LogP) is 3.04. The van der Waals surface area contributed by atoms with E-state index in [4.69, 9.17) is 17.3 Å². The van der Waals surface area contributed by atoms with Gasteiger partial charge in [-0.05, 0) is 50.4 Å². The fraction of sp³-hybridized carbons (Fsp3) is 0.571. The molecule has 1 saturated heterocycles. The third-order valence-electron chi connectivity index (χ3n) is 3.59. The summed E-state index contributed by atoms with van der Waals surface area (Å²) in [5.41, 5.74) is 6.33. The lowest BCUT2D eigenvalue weighted by molar-refractivity contribution is 0.161. The molecule has 2 N–H and O–H groups in total. The smallest absolute Gasteiger partial charge is 0.129 e. The zero-order valence-corrected chi connectivity index (χ0v) is 11.3. The van der Waals surface area contributed by atoms with E-state index < -0.39 is 0 Å². The van der Waals surface area contributed by atoms with Crippen molar-refractivity contribution >= 4 is 11.6 Å². The maximum absolute atomic E-state index is 13.7. The van der Waals surface area contributed by atoms with Crippen molar-refractivity contribution in [2.75, 3.05) is 19.6 Å². The highest BCUT2D eigenvalue weighted by Gasteiger charge is 2.20. The van der Waals surface area contributed by atoms with Crippen LogP contribution in [0.3, 0.4) is 0 Å². The molecule has 100 valence electrons. The summed E-state index contributed by atoms with van der Waals surface area (Å²) < 4.78 is 13.7. The first kappa shape index (κ1) is 13.8. The van der Waals surface area contributed by atoms with Crippen LogP contribution in [-0.2, 0) is 6.54 Å². The van der Waals surface area contributed by atoms with Gasteiger partial charge in [0.15, 0.2) is 0 Å². The molecule has 0 aromatic heterocycles. The molecule has 1 unspecified atom stereocenters. The molecule has 0 radical (unpaired) electrons. The number of piperidine rings is 1. The number of rotatable bonds is 4. The lowest BCUT2D eigenvalue weighted by Crippen LogP contribution is -2.35. The summed E-state index contributed by atoms with van der Waals surface area (Å²) in [5, 5.41) is 0.455. The molecule has 1 heterocycles. The van der Waals surface area contributed by atoms with Gasteiger partial charge in [0.1, 0.15) is 5.82 Å². The Morgan fingerprint density at radius 2 is 2.28 bits per heavy atom. The Morgan fingerprint density at radius 3 is 3.00 bits per heavy atom. The van der Waals surface area contributed by atoms with Crippen LogP contribution in [0, 0.1) is 11.7 Å². The average Bonchev–Trinajstić information content (AvgIpc) is 2.34. The molecule has 1 atom stereocenters. The van der Waals surface area contributed by atoms with Crippen LogP contribution in [0.25, 0.3) is 0 Å². The van der Waals surface area contributed by atoms with E-state index in [9.17, 15) is 4.39 Å². The van der Waals surface area contributed by atoms with Gasteiger partial charge in [-0.3, -0.25) is 4.90 Å². The van der Waals surface area contributed by atoms with E-state index >= 15 is 0 Å². The third kappa shape index (κ3) is 3.67. The number of hydrogen-bond acceptors (Lipinski definition) is 2. The van der Waals surface area contributed by atoms with Crippen LogP contribution >= 0.6 is 11.6 Å². The number of benzene rings is 1. The summed E-state index contributed by atoms with van der Waals surface area (Å²) in [6.45, 7) is 3.49. The van der Waals surface area contributed by atoms with Crippen LogP contribution in [0.5, 0.6) is 0 Å². The topological polar surface area (TPSA) is 29.3 Å². The molecule has 1 aromatic rings. The fourth-order valence-electron chi connectivity index (χ4n) is 2.66. The standard InChI is InChI=1S/C14H20ClFN2/c15-13-4-3-12(14(16)8-13)10-18-7-1-2-11(9-18)5-6-17/h3-4,8,11H,1-2,5-7,9-10,17H2. The molecular formula is C14H20ClFN2. The molecule has 0 bridgehead atoms. The molecule has 2 rings (SSSR count). The van der Waals surface area contributed by atoms with Gasteiger partial charge < -0.3 is 5.73 Å². The Labute approximate surface area is 113 Å². The molecule has 0 aliphatic carbocycles. The molecule has 4 heteroatoms. The van der Waals surface area contributed by atoms with Crippen molar-refractivity contribution < 1.29 is 4.39 Å². The minimum atomic E-state index is -0.205. The van der Waals surface area contributed by atoms with Gasteiger partial charge in [0, 0.05) is 23.7 Å². The second-order valence-electron chi connectivity index (χ2n) is 5.06. The van der Waals surface area contributed by atoms with Crippen molar-refractivity contribution in [2.45, 2.75) is 25.8 Å². The monoisotopic (exact) mass is 270 g/mol. The van der Waals surface area contributed by atoms with E-state index in [1.807, 2.05) is 0 Å². The molecule has 1 aliphatic heterocycles. The molecule has 1 aromatic carbocycles. The van der Waals surface area contributed by atoms with Gasteiger partial charge in [-0.2, -0.15) is 0 Å². The Balaban J connectivity index is 1.96. The Bertz CT molecular complexity index is 395. The summed E-state index contributed by atoms with van der Waals surface area (Å²) in [7, 11) is 0. The summed E-state index contributed by atoms with van der Waals surface area (Å²) in [6.07, 6.45) is 3.50. The minimum Gasteiger partial charge on any atom is -0.330 e. The molecule has 0 amide bonds. The minimum absolute atomic E-state index is 0.205. The normalized spacial score (nSPS) is 21.2. The van der Waals surface area contributed by atoms with E-state index in [1.54, 1.807) is 12.1 Å². The van der Waals surface area contributed by atoms with E-state index in [1.165, 1.54) is 18.9 Å². The quantitative estimate of drug-likeness (QED) is 0.911. The van der Waals surface area contributed by atoms with Gasteiger partial charge in [0.2, 0.25) is 0 Å². The second kappa shape index (κ2) is 6.50. The molecule has 1 aliphatic rings. The molecular weight excluding hydrogens is 251 g/mol. The van der Waals surface area contributed by atoms with Crippen molar-refractivity contribution in [1.29, 1.82) is 0 Å². The van der Waals surface area contributed by atoms with Crippen LogP contribution in [0.4, 0.5) is 4.39 Å². The molecule has 18 heavy (non-hydrogen) atoms. The van der Waals surface area contributed by atoms with Crippen LogP contribution in [0.15, 0.2) is 18.2 Å². The number of likely N-dealkylation sites (tertiary alicyclic amines) is 1. The zero-order valence-electron chi connectivity index (χ0n) is 10.5.